The molecule has 4 aromatic rings. The number of hydrogen-bond donors (Lipinski definition) is 2. The van der Waals surface area contributed by atoms with E-state index >= 15 is 0 Å². The fourth-order valence-electron chi connectivity index (χ4n) is 3.93. The molecular formula is C18H14F3N5. The van der Waals surface area contributed by atoms with Crippen molar-refractivity contribution >= 4 is 21.9 Å². The van der Waals surface area contributed by atoms with Crippen molar-refractivity contribution in [3.63, 3.8) is 0 Å². The zero-order valence-electron chi connectivity index (χ0n) is 13.6. The van der Waals surface area contributed by atoms with Crippen molar-refractivity contribution in [2.24, 2.45) is 0 Å². The molecular weight excluding hydrogens is 343 g/mol. The van der Waals surface area contributed by atoms with Gasteiger partial charge in [-0.1, -0.05) is 0 Å². The van der Waals surface area contributed by atoms with Gasteiger partial charge in [0.2, 0.25) is 0 Å². The molecule has 5 rings (SSSR count). The molecule has 5 nitrogen and oxygen atoms in total. The molecule has 0 radical (unpaired) electrons. The second-order valence-electron chi connectivity index (χ2n) is 6.53. The van der Waals surface area contributed by atoms with Gasteiger partial charge in [-0.3, -0.25) is 5.10 Å². The summed E-state index contributed by atoms with van der Waals surface area (Å²) in [6.07, 6.45) is 1.85. The van der Waals surface area contributed by atoms with Gasteiger partial charge in [-0.25, -0.2) is 9.97 Å². The molecule has 8 heteroatoms. The minimum Gasteiger partial charge on any atom is -0.345 e. The Balaban J connectivity index is 1.88. The third-order valence-electron chi connectivity index (χ3n) is 5.02. The molecule has 0 amide bonds. The van der Waals surface area contributed by atoms with Gasteiger partial charge < -0.3 is 4.98 Å². The van der Waals surface area contributed by atoms with Gasteiger partial charge in [-0.2, -0.15) is 18.3 Å². The number of imidazole rings is 1. The van der Waals surface area contributed by atoms with Crippen molar-refractivity contribution in [2.75, 3.05) is 0 Å². The summed E-state index contributed by atoms with van der Waals surface area (Å²) >= 11 is 0. The van der Waals surface area contributed by atoms with Gasteiger partial charge in [-0.05, 0) is 48.9 Å². The van der Waals surface area contributed by atoms with Crippen molar-refractivity contribution in [1.82, 2.24) is 25.1 Å². The lowest BCUT2D eigenvalue weighted by molar-refractivity contribution is -0.140. The Labute approximate surface area is 145 Å². The predicted molar refractivity (Wildman–Crippen MR) is 90.6 cm³/mol. The molecule has 0 fully saturated rings. The molecule has 26 heavy (non-hydrogen) atoms. The van der Waals surface area contributed by atoms with Crippen molar-refractivity contribution in [2.45, 2.75) is 31.9 Å². The summed E-state index contributed by atoms with van der Waals surface area (Å²) in [7, 11) is 0. The van der Waals surface area contributed by atoms with Gasteiger partial charge in [0.25, 0.3) is 0 Å². The number of aryl methyl sites for hydroxylation is 1. The standard InChI is InChI=1S/C18H14F3N5/c19-18(20,21)17-11(7-24-26-17)15-10-4-2-1-3-9(10)14-12(25-15)5-6-13-16(14)23-8-22-13/h5-8H,1-4H2,(H,22,23)(H,24,26). The molecule has 1 aliphatic rings. The summed E-state index contributed by atoms with van der Waals surface area (Å²) in [4.78, 5) is 12.1. The lowest BCUT2D eigenvalue weighted by atomic mass is 9.86. The Morgan fingerprint density at radius 1 is 1.04 bits per heavy atom. The summed E-state index contributed by atoms with van der Waals surface area (Å²) in [6, 6.07) is 3.69. The molecule has 0 saturated heterocycles. The van der Waals surface area contributed by atoms with E-state index in [9.17, 15) is 13.2 Å². The molecule has 1 aliphatic carbocycles. The van der Waals surface area contributed by atoms with E-state index in [1.165, 1.54) is 6.20 Å². The van der Waals surface area contributed by atoms with Gasteiger partial charge in [0, 0.05) is 11.6 Å². The highest BCUT2D eigenvalue weighted by atomic mass is 19.4. The van der Waals surface area contributed by atoms with Crippen LogP contribution in [-0.4, -0.2) is 25.1 Å². The number of nitrogens with one attached hydrogen (secondary N) is 2. The first-order chi connectivity index (χ1) is 12.5. The second kappa shape index (κ2) is 5.30. The Hall–Kier alpha value is -2.90. The number of rotatable bonds is 1. The van der Waals surface area contributed by atoms with Crippen molar-refractivity contribution in [3.8, 4) is 11.3 Å². The van der Waals surface area contributed by atoms with Gasteiger partial charge in [0.15, 0.2) is 5.69 Å². The highest BCUT2D eigenvalue weighted by Gasteiger charge is 2.38. The zero-order valence-corrected chi connectivity index (χ0v) is 13.6. The van der Waals surface area contributed by atoms with E-state index < -0.39 is 11.9 Å². The number of aromatic amines is 2. The predicted octanol–water partition coefficient (Wildman–Crippen LogP) is 4.40. The number of fused-ring (bicyclic) bond motifs is 5. The van der Waals surface area contributed by atoms with Crippen molar-refractivity contribution in [1.29, 1.82) is 0 Å². The quantitative estimate of drug-likeness (QED) is 0.530. The Morgan fingerprint density at radius 2 is 1.85 bits per heavy atom. The SMILES string of the molecule is FC(F)(F)c1n[nH]cc1-c1nc2ccc3[nH]cnc3c2c2c1CCCC2. The van der Waals surface area contributed by atoms with Crippen LogP contribution in [0.4, 0.5) is 13.2 Å². The summed E-state index contributed by atoms with van der Waals surface area (Å²) in [6.45, 7) is 0. The molecule has 132 valence electrons. The molecule has 0 spiro atoms. The minimum absolute atomic E-state index is 0.0136. The number of benzene rings is 1. The number of hydrogen-bond acceptors (Lipinski definition) is 3. The molecule has 0 atom stereocenters. The first kappa shape index (κ1) is 15.4. The molecule has 0 bridgehead atoms. The monoisotopic (exact) mass is 357 g/mol. The third kappa shape index (κ3) is 2.14. The molecule has 0 aliphatic heterocycles. The average molecular weight is 357 g/mol. The van der Waals surface area contributed by atoms with Crippen molar-refractivity contribution < 1.29 is 13.2 Å². The molecule has 2 N–H and O–H groups in total. The maximum Gasteiger partial charge on any atom is 0.435 e. The number of halogens is 3. The van der Waals surface area contributed by atoms with Crippen LogP contribution in [0.15, 0.2) is 24.7 Å². The van der Waals surface area contributed by atoms with Crippen LogP contribution < -0.4 is 0 Å². The topological polar surface area (TPSA) is 70.2 Å². The zero-order chi connectivity index (χ0) is 17.9. The van der Waals surface area contributed by atoms with Gasteiger partial charge in [0.05, 0.1) is 34.1 Å². The minimum atomic E-state index is -4.53. The van der Waals surface area contributed by atoms with Gasteiger partial charge >= 0.3 is 6.18 Å². The van der Waals surface area contributed by atoms with E-state index in [1.807, 2.05) is 12.1 Å². The van der Waals surface area contributed by atoms with Crippen LogP contribution in [0.3, 0.4) is 0 Å². The number of pyridine rings is 1. The first-order valence-corrected chi connectivity index (χ1v) is 8.43. The van der Waals surface area contributed by atoms with Crippen LogP contribution in [-0.2, 0) is 19.0 Å². The van der Waals surface area contributed by atoms with Crippen LogP contribution in [0, 0.1) is 0 Å². The van der Waals surface area contributed by atoms with Crippen LogP contribution in [0.2, 0.25) is 0 Å². The van der Waals surface area contributed by atoms with E-state index in [0.29, 0.717) is 17.6 Å². The average Bonchev–Trinajstić information content (AvgIpc) is 3.29. The number of nitrogens with zero attached hydrogens (tertiary/aromatic N) is 3. The molecule has 0 unspecified atom stereocenters. The van der Waals surface area contributed by atoms with Gasteiger partial charge in [0.1, 0.15) is 0 Å². The fraction of sp³-hybridized carbons (Fsp3) is 0.278. The molecule has 3 heterocycles. The smallest absolute Gasteiger partial charge is 0.345 e. The van der Waals surface area contributed by atoms with E-state index in [-0.39, 0.29) is 5.56 Å². The maximum atomic E-state index is 13.4. The lowest BCUT2D eigenvalue weighted by Crippen LogP contribution is -2.11. The summed E-state index contributed by atoms with van der Waals surface area (Å²) in [5.41, 5.74) is 3.80. The summed E-state index contributed by atoms with van der Waals surface area (Å²) < 4.78 is 40.1. The lowest BCUT2D eigenvalue weighted by Gasteiger charge is -2.21. The van der Waals surface area contributed by atoms with E-state index in [1.54, 1.807) is 6.33 Å². The molecule has 1 aromatic carbocycles. The Bertz CT molecular complexity index is 1140. The van der Waals surface area contributed by atoms with Crippen molar-refractivity contribution in [3.05, 3.63) is 41.5 Å². The van der Waals surface area contributed by atoms with Gasteiger partial charge in [-0.15, -0.1) is 0 Å². The maximum absolute atomic E-state index is 13.4. The van der Waals surface area contributed by atoms with E-state index in [4.69, 9.17) is 0 Å². The Morgan fingerprint density at radius 3 is 2.65 bits per heavy atom. The molecule has 3 aromatic heterocycles. The number of aromatic nitrogens is 5. The van der Waals surface area contributed by atoms with Crippen LogP contribution in [0.1, 0.15) is 29.7 Å². The van der Waals surface area contributed by atoms with E-state index in [0.717, 1.165) is 46.8 Å². The molecule has 0 saturated carbocycles. The third-order valence-corrected chi connectivity index (χ3v) is 5.02. The van der Waals surface area contributed by atoms with Crippen LogP contribution >= 0.6 is 0 Å². The highest BCUT2D eigenvalue weighted by molar-refractivity contribution is 6.06. The normalized spacial score (nSPS) is 14.9. The largest absolute Gasteiger partial charge is 0.435 e. The summed E-state index contributed by atoms with van der Waals surface area (Å²) in [5.74, 6) is 0. The number of H-pyrrole nitrogens is 2. The highest BCUT2D eigenvalue weighted by Crippen LogP contribution is 2.41. The van der Waals surface area contributed by atoms with Crippen LogP contribution in [0.25, 0.3) is 33.2 Å². The fourth-order valence-corrected chi connectivity index (χ4v) is 3.93. The Kier molecular flexibility index (Phi) is 3.13. The van der Waals surface area contributed by atoms with Crippen LogP contribution in [0.5, 0.6) is 0 Å². The summed E-state index contributed by atoms with van der Waals surface area (Å²) in [5, 5.41) is 6.73. The first-order valence-electron chi connectivity index (χ1n) is 8.43. The van der Waals surface area contributed by atoms with E-state index in [2.05, 4.69) is 25.1 Å². The second-order valence-corrected chi connectivity index (χ2v) is 6.53. The number of alkyl halides is 3.